The quantitative estimate of drug-likeness (QED) is 0.241. The van der Waals surface area contributed by atoms with Crippen LogP contribution in [0.1, 0.15) is 37.3 Å². The molecule has 0 saturated carbocycles. The van der Waals surface area contributed by atoms with Crippen molar-refractivity contribution < 1.29 is 30.7 Å². The molecular weight excluding hydrogens is 445 g/mol. The van der Waals surface area contributed by atoms with Crippen molar-refractivity contribution in [3.05, 3.63) is 89.0 Å². The summed E-state index contributed by atoms with van der Waals surface area (Å²) in [6, 6.07) is 9.97. The molecule has 0 aliphatic carbocycles. The molecule has 0 unspecified atom stereocenters. The van der Waals surface area contributed by atoms with Crippen LogP contribution in [0.2, 0.25) is 0 Å². The summed E-state index contributed by atoms with van der Waals surface area (Å²) in [6.45, 7) is 2.07. The van der Waals surface area contributed by atoms with Crippen LogP contribution in [0.5, 0.6) is 0 Å². The molecule has 0 fully saturated rings. The molecule has 0 N–H and O–H groups in total. The Labute approximate surface area is 187 Å². The normalized spacial score (nSPS) is 12.0. The number of allylic oxidation sites excluding steroid dienone is 1. The van der Waals surface area contributed by atoms with Crippen molar-refractivity contribution in [3.63, 3.8) is 0 Å². The van der Waals surface area contributed by atoms with Gasteiger partial charge in [-0.25, -0.2) is 17.6 Å². The Morgan fingerprint density at radius 2 is 1.27 bits per heavy atom. The van der Waals surface area contributed by atoms with E-state index in [-0.39, 0.29) is 34.4 Å². The van der Waals surface area contributed by atoms with Crippen molar-refractivity contribution in [2.45, 2.75) is 38.8 Å². The first kappa shape index (κ1) is 24.6. The van der Waals surface area contributed by atoms with Gasteiger partial charge < -0.3 is 0 Å². The Bertz CT molecular complexity index is 1140. The van der Waals surface area contributed by atoms with E-state index in [4.69, 9.17) is 0 Å². The molecule has 33 heavy (non-hydrogen) atoms. The molecule has 0 atom stereocenters. The van der Waals surface area contributed by atoms with Crippen molar-refractivity contribution in [2.75, 3.05) is 0 Å². The van der Waals surface area contributed by atoms with Gasteiger partial charge in [0.05, 0.1) is 0 Å². The Balaban J connectivity index is 1.89. The lowest BCUT2D eigenvalue weighted by molar-refractivity contribution is -0.0790. The third-order valence-corrected chi connectivity index (χ3v) is 5.21. The minimum Gasteiger partial charge on any atom is -0.206 e. The minimum absolute atomic E-state index is 0.167. The standard InChI is InChI=1S/C26H21F7/c1-2-3-4-5-16-6-8-19(22(27)12-16)17-7-9-20(23(28)13-17)18-14-24(29)21(25(30)15-18)10-11-26(31,32)33/h6-15H,2-5H2,1H3/b11-10+. The smallest absolute Gasteiger partial charge is 0.206 e. The Morgan fingerprint density at radius 1 is 0.697 bits per heavy atom. The molecule has 0 bridgehead atoms. The van der Waals surface area contributed by atoms with E-state index >= 15 is 0 Å². The van der Waals surface area contributed by atoms with Gasteiger partial charge >= 0.3 is 6.18 Å². The van der Waals surface area contributed by atoms with Crippen molar-refractivity contribution >= 4 is 6.08 Å². The van der Waals surface area contributed by atoms with E-state index in [1.54, 1.807) is 12.1 Å². The summed E-state index contributed by atoms with van der Waals surface area (Å²) in [5.41, 5.74) is 0.0373. The monoisotopic (exact) mass is 466 g/mol. The van der Waals surface area contributed by atoms with Gasteiger partial charge in [0.25, 0.3) is 0 Å². The Hall–Kier alpha value is -3.09. The van der Waals surface area contributed by atoms with Gasteiger partial charge in [0.1, 0.15) is 23.3 Å². The lowest BCUT2D eigenvalue weighted by atomic mass is 9.97. The van der Waals surface area contributed by atoms with Gasteiger partial charge in [-0.3, -0.25) is 0 Å². The molecular formula is C26H21F7. The van der Waals surface area contributed by atoms with Crippen LogP contribution in [0.15, 0.2) is 54.6 Å². The second kappa shape index (κ2) is 10.2. The van der Waals surface area contributed by atoms with Crippen molar-refractivity contribution in [1.29, 1.82) is 0 Å². The lowest BCUT2D eigenvalue weighted by Crippen LogP contribution is -2.01. The van der Waals surface area contributed by atoms with Crippen LogP contribution in [0, 0.1) is 23.3 Å². The molecule has 0 aromatic heterocycles. The number of benzene rings is 3. The average Bonchev–Trinajstić information content (AvgIpc) is 2.72. The fourth-order valence-corrected chi connectivity index (χ4v) is 3.52. The van der Waals surface area contributed by atoms with Gasteiger partial charge in [0.2, 0.25) is 0 Å². The van der Waals surface area contributed by atoms with E-state index < -0.39 is 35.0 Å². The van der Waals surface area contributed by atoms with Crippen LogP contribution in [0.3, 0.4) is 0 Å². The number of aryl methyl sites for hydroxylation is 1. The summed E-state index contributed by atoms with van der Waals surface area (Å²) in [5.74, 6) is -3.89. The van der Waals surface area contributed by atoms with Crippen LogP contribution >= 0.6 is 0 Å². The molecule has 0 heterocycles. The van der Waals surface area contributed by atoms with Crippen molar-refractivity contribution in [1.82, 2.24) is 0 Å². The summed E-state index contributed by atoms with van der Waals surface area (Å²) >= 11 is 0. The number of halogens is 7. The highest BCUT2D eigenvalue weighted by Crippen LogP contribution is 2.32. The number of hydrogen-bond donors (Lipinski definition) is 0. The zero-order valence-corrected chi connectivity index (χ0v) is 17.7. The fourth-order valence-electron chi connectivity index (χ4n) is 3.52. The molecule has 0 aliphatic heterocycles. The molecule has 0 amide bonds. The van der Waals surface area contributed by atoms with Crippen LogP contribution in [-0.4, -0.2) is 6.18 Å². The largest absolute Gasteiger partial charge is 0.409 e. The number of rotatable bonds is 7. The van der Waals surface area contributed by atoms with Gasteiger partial charge in [0.15, 0.2) is 0 Å². The molecule has 7 heteroatoms. The zero-order chi connectivity index (χ0) is 24.2. The highest BCUT2D eigenvalue weighted by Gasteiger charge is 2.23. The van der Waals surface area contributed by atoms with E-state index in [9.17, 15) is 30.7 Å². The predicted molar refractivity (Wildman–Crippen MR) is 115 cm³/mol. The summed E-state index contributed by atoms with van der Waals surface area (Å²) in [5, 5.41) is 0. The van der Waals surface area contributed by atoms with Crippen LogP contribution < -0.4 is 0 Å². The van der Waals surface area contributed by atoms with Crippen LogP contribution in [0.25, 0.3) is 28.3 Å². The average molecular weight is 466 g/mol. The third-order valence-electron chi connectivity index (χ3n) is 5.21. The van der Waals surface area contributed by atoms with Crippen molar-refractivity contribution in [3.8, 4) is 22.3 Å². The van der Waals surface area contributed by atoms with Gasteiger partial charge in [-0.1, -0.05) is 44.0 Å². The predicted octanol–water partition coefficient (Wildman–Crippen LogP) is 8.89. The van der Waals surface area contributed by atoms with Gasteiger partial charge in [-0.2, -0.15) is 13.2 Å². The SMILES string of the molecule is CCCCCc1ccc(-c2ccc(-c3cc(F)c(/C=C/C(F)(F)F)c(F)c3)c(F)c2)c(F)c1. The third kappa shape index (κ3) is 6.24. The maximum atomic E-state index is 14.8. The van der Waals surface area contributed by atoms with Gasteiger partial charge in [-0.05, 0) is 59.9 Å². The van der Waals surface area contributed by atoms with Gasteiger partial charge in [0, 0.05) is 22.8 Å². The van der Waals surface area contributed by atoms with Crippen LogP contribution in [-0.2, 0) is 6.42 Å². The Morgan fingerprint density at radius 3 is 1.85 bits per heavy atom. The van der Waals surface area contributed by atoms with Gasteiger partial charge in [-0.15, -0.1) is 0 Å². The van der Waals surface area contributed by atoms with E-state index in [2.05, 4.69) is 6.92 Å². The highest BCUT2D eigenvalue weighted by atomic mass is 19.4. The highest BCUT2D eigenvalue weighted by molar-refractivity contribution is 5.72. The minimum atomic E-state index is -4.73. The molecule has 174 valence electrons. The maximum absolute atomic E-state index is 14.8. The summed E-state index contributed by atoms with van der Waals surface area (Å²) in [6.07, 6.45) is -0.970. The molecule has 0 radical (unpaired) electrons. The van der Waals surface area contributed by atoms with Crippen molar-refractivity contribution in [2.24, 2.45) is 0 Å². The first-order valence-electron chi connectivity index (χ1n) is 10.4. The second-order valence-electron chi connectivity index (χ2n) is 7.69. The molecule has 0 saturated heterocycles. The number of hydrogen-bond acceptors (Lipinski definition) is 0. The van der Waals surface area contributed by atoms with E-state index in [1.807, 2.05) is 0 Å². The maximum Gasteiger partial charge on any atom is 0.409 e. The molecule has 0 nitrogen and oxygen atoms in total. The lowest BCUT2D eigenvalue weighted by Gasteiger charge is -2.11. The molecule has 0 aliphatic rings. The Kier molecular flexibility index (Phi) is 7.61. The summed E-state index contributed by atoms with van der Waals surface area (Å²) in [4.78, 5) is 0. The zero-order valence-electron chi connectivity index (χ0n) is 17.7. The van der Waals surface area contributed by atoms with E-state index in [0.717, 1.165) is 49.4 Å². The molecule has 3 aromatic rings. The van der Waals surface area contributed by atoms with Crippen LogP contribution in [0.4, 0.5) is 30.7 Å². The molecule has 3 rings (SSSR count). The second-order valence-corrected chi connectivity index (χ2v) is 7.69. The molecule has 0 spiro atoms. The first-order chi connectivity index (χ1) is 15.6. The summed E-state index contributed by atoms with van der Waals surface area (Å²) in [7, 11) is 0. The number of unbranched alkanes of at least 4 members (excludes halogenated alkanes) is 2. The van der Waals surface area contributed by atoms with E-state index in [0.29, 0.717) is 0 Å². The number of alkyl halides is 3. The first-order valence-corrected chi connectivity index (χ1v) is 10.4. The topological polar surface area (TPSA) is 0 Å². The summed E-state index contributed by atoms with van der Waals surface area (Å²) < 4.78 is 94.7. The van der Waals surface area contributed by atoms with E-state index in [1.165, 1.54) is 18.2 Å². The fraction of sp³-hybridized carbons (Fsp3) is 0.231. The molecule has 3 aromatic carbocycles.